The van der Waals surface area contributed by atoms with Crippen LogP contribution in [-0.4, -0.2) is 38.2 Å². The summed E-state index contributed by atoms with van der Waals surface area (Å²) in [5, 5.41) is 25.0. The minimum atomic E-state index is -0.414. The molecule has 0 spiro atoms. The van der Waals surface area contributed by atoms with Gasteiger partial charge in [-0.2, -0.15) is 5.10 Å². The molecule has 1 aromatic heterocycles. The number of rotatable bonds is 5. The van der Waals surface area contributed by atoms with E-state index in [4.69, 9.17) is 5.41 Å². The maximum atomic E-state index is 13.3. The second-order valence-electron chi connectivity index (χ2n) is 7.60. The lowest BCUT2D eigenvalue weighted by Gasteiger charge is -2.19. The van der Waals surface area contributed by atoms with Crippen LogP contribution in [0.1, 0.15) is 15.9 Å². The Balaban J connectivity index is 1.45. The zero-order valence-electron chi connectivity index (χ0n) is 17.6. The van der Waals surface area contributed by atoms with E-state index in [0.29, 0.717) is 16.8 Å². The molecule has 0 unspecified atom stereocenters. The second-order valence-corrected chi connectivity index (χ2v) is 7.60. The van der Waals surface area contributed by atoms with Crippen molar-refractivity contribution in [2.24, 2.45) is 0 Å². The van der Waals surface area contributed by atoms with Gasteiger partial charge in [0.1, 0.15) is 11.5 Å². The van der Waals surface area contributed by atoms with Crippen LogP contribution in [0.25, 0.3) is 22.5 Å². The van der Waals surface area contributed by atoms with E-state index in [2.05, 4.69) is 10.5 Å². The van der Waals surface area contributed by atoms with E-state index in [-0.39, 0.29) is 18.1 Å². The molecule has 3 N–H and O–H groups in total. The first kappa shape index (κ1) is 20.3. The van der Waals surface area contributed by atoms with Gasteiger partial charge >= 0.3 is 0 Å². The predicted octanol–water partition coefficient (Wildman–Crippen LogP) is 4.45. The second kappa shape index (κ2) is 8.47. The number of hydrogen-bond donors (Lipinski definition) is 3. The Kier molecular flexibility index (Phi) is 5.20. The van der Waals surface area contributed by atoms with Gasteiger partial charge in [0.25, 0.3) is 5.91 Å². The third-order valence-electron chi connectivity index (χ3n) is 5.43. The van der Waals surface area contributed by atoms with Crippen LogP contribution in [0.2, 0.25) is 0 Å². The van der Waals surface area contributed by atoms with Crippen LogP contribution >= 0.6 is 0 Å². The Labute approximate surface area is 190 Å². The summed E-state index contributed by atoms with van der Waals surface area (Å²) < 4.78 is 1.66. The highest BCUT2D eigenvalue weighted by Gasteiger charge is 2.30. The number of amidine groups is 1. The average Bonchev–Trinajstić information content (AvgIpc) is 3.42. The third kappa shape index (κ3) is 3.87. The van der Waals surface area contributed by atoms with Crippen molar-refractivity contribution in [1.29, 1.82) is 5.41 Å². The molecule has 4 aromatic rings. The number of carbonyl (C=O) groups excluding carboxylic acids is 1. The number of aromatic nitrogens is 2. The highest BCUT2D eigenvalue weighted by Crippen LogP contribution is 2.27. The molecule has 0 aliphatic carbocycles. The number of hydrazine groups is 1. The standard InChI is InChI=1S/C26H21N5O2/c27-25-23(18-10-4-1-5-11-18)22(32)17-31(25)29-26(33)21-16-30(20-14-8-3-9-15-20)28-24(21)19-12-6-2-7-13-19/h1-16,27,32H,17H2,(H,29,33). The number of benzene rings is 3. The lowest BCUT2D eigenvalue weighted by atomic mass is 10.1. The van der Waals surface area contributed by atoms with Crippen molar-refractivity contribution in [3.05, 3.63) is 114 Å². The summed E-state index contributed by atoms with van der Waals surface area (Å²) in [6.45, 7) is 0.0162. The molecule has 5 rings (SSSR count). The first-order valence-corrected chi connectivity index (χ1v) is 10.5. The predicted molar refractivity (Wildman–Crippen MR) is 127 cm³/mol. The van der Waals surface area contributed by atoms with Crippen LogP contribution < -0.4 is 5.43 Å². The topological polar surface area (TPSA) is 94.2 Å². The molecule has 3 aromatic carbocycles. The van der Waals surface area contributed by atoms with Gasteiger partial charge in [0.15, 0.2) is 5.84 Å². The van der Waals surface area contributed by atoms with Crippen molar-refractivity contribution < 1.29 is 9.90 Å². The highest BCUT2D eigenvalue weighted by molar-refractivity contribution is 6.24. The molecule has 0 bridgehead atoms. The Morgan fingerprint density at radius 1 is 0.879 bits per heavy atom. The summed E-state index contributed by atoms with van der Waals surface area (Å²) in [5.74, 6) is -0.346. The van der Waals surface area contributed by atoms with Gasteiger partial charge in [-0.1, -0.05) is 78.9 Å². The van der Waals surface area contributed by atoms with Crippen LogP contribution in [0.4, 0.5) is 0 Å². The first-order valence-electron chi connectivity index (χ1n) is 10.5. The summed E-state index contributed by atoms with van der Waals surface area (Å²) in [4.78, 5) is 13.3. The molecule has 1 aliphatic rings. The van der Waals surface area contributed by atoms with Crippen molar-refractivity contribution in [1.82, 2.24) is 20.2 Å². The quantitative estimate of drug-likeness (QED) is 0.432. The van der Waals surface area contributed by atoms with Crippen molar-refractivity contribution >= 4 is 17.3 Å². The fourth-order valence-electron chi connectivity index (χ4n) is 3.83. The van der Waals surface area contributed by atoms with Crippen molar-refractivity contribution in [2.45, 2.75) is 0 Å². The molecule has 1 amide bonds. The lowest BCUT2D eigenvalue weighted by molar-refractivity contribution is 0.0875. The lowest BCUT2D eigenvalue weighted by Crippen LogP contribution is -2.43. The minimum Gasteiger partial charge on any atom is -0.510 e. The first-order chi connectivity index (χ1) is 16.1. The molecule has 1 aliphatic heterocycles. The molecular weight excluding hydrogens is 414 g/mol. The number of aliphatic hydroxyl groups is 1. The van der Waals surface area contributed by atoms with Gasteiger partial charge in [0, 0.05) is 11.8 Å². The van der Waals surface area contributed by atoms with Crippen LogP contribution in [0.5, 0.6) is 0 Å². The van der Waals surface area contributed by atoms with Gasteiger partial charge in [0.05, 0.1) is 23.4 Å². The molecule has 0 radical (unpaired) electrons. The monoisotopic (exact) mass is 435 g/mol. The number of carbonyl (C=O) groups is 1. The van der Waals surface area contributed by atoms with E-state index in [1.807, 2.05) is 91.0 Å². The van der Waals surface area contributed by atoms with Crippen LogP contribution in [0.3, 0.4) is 0 Å². The molecule has 162 valence electrons. The fourth-order valence-corrected chi connectivity index (χ4v) is 3.83. The van der Waals surface area contributed by atoms with Crippen molar-refractivity contribution in [3.8, 4) is 16.9 Å². The Hall–Kier alpha value is -4.65. The summed E-state index contributed by atoms with van der Waals surface area (Å²) in [6.07, 6.45) is 1.68. The molecule has 2 heterocycles. The van der Waals surface area contributed by atoms with Crippen molar-refractivity contribution in [3.63, 3.8) is 0 Å². The van der Waals surface area contributed by atoms with Gasteiger partial charge in [-0.25, -0.2) is 4.68 Å². The summed E-state index contributed by atoms with van der Waals surface area (Å²) in [5.41, 5.74) is 6.42. The highest BCUT2D eigenvalue weighted by atomic mass is 16.3. The summed E-state index contributed by atoms with van der Waals surface area (Å²) >= 11 is 0. The molecule has 7 nitrogen and oxygen atoms in total. The van der Waals surface area contributed by atoms with Crippen LogP contribution in [0.15, 0.2) is 103 Å². The number of para-hydroxylation sites is 1. The molecular formula is C26H21N5O2. The average molecular weight is 435 g/mol. The fraction of sp³-hybridized carbons (Fsp3) is 0.0385. The summed E-state index contributed by atoms with van der Waals surface area (Å²) in [7, 11) is 0. The summed E-state index contributed by atoms with van der Waals surface area (Å²) in [6, 6.07) is 28.2. The zero-order chi connectivity index (χ0) is 22.8. The smallest absolute Gasteiger partial charge is 0.273 e. The third-order valence-corrected chi connectivity index (χ3v) is 5.43. The van der Waals surface area contributed by atoms with Gasteiger partial charge in [-0.15, -0.1) is 0 Å². The van der Waals surface area contributed by atoms with Gasteiger partial charge in [-0.05, 0) is 17.7 Å². The van der Waals surface area contributed by atoms with Gasteiger partial charge in [-0.3, -0.25) is 20.6 Å². The van der Waals surface area contributed by atoms with Crippen LogP contribution in [0, 0.1) is 5.41 Å². The van der Waals surface area contributed by atoms with Gasteiger partial charge < -0.3 is 5.11 Å². The van der Waals surface area contributed by atoms with E-state index in [1.54, 1.807) is 10.9 Å². The SMILES string of the molecule is N=C1C(c2ccccc2)=C(O)CN1NC(=O)c1cn(-c2ccccc2)nc1-c1ccccc1. The number of aliphatic hydroxyl groups excluding tert-OH is 1. The van der Waals surface area contributed by atoms with Crippen LogP contribution in [-0.2, 0) is 0 Å². The Morgan fingerprint density at radius 3 is 2.09 bits per heavy atom. The van der Waals surface area contributed by atoms with E-state index in [9.17, 15) is 9.90 Å². The van der Waals surface area contributed by atoms with Crippen molar-refractivity contribution in [2.75, 3.05) is 6.54 Å². The molecule has 0 saturated heterocycles. The number of amides is 1. The van der Waals surface area contributed by atoms with E-state index in [1.165, 1.54) is 5.01 Å². The number of nitrogens with one attached hydrogen (secondary N) is 2. The largest absolute Gasteiger partial charge is 0.510 e. The molecule has 33 heavy (non-hydrogen) atoms. The molecule has 0 fully saturated rings. The maximum Gasteiger partial charge on any atom is 0.273 e. The normalized spacial score (nSPS) is 13.5. The maximum absolute atomic E-state index is 13.3. The molecule has 0 saturated carbocycles. The van der Waals surface area contributed by atoms with Gasteiger partial charge in [0.2, 0.25) is 0 Å². The number of nitrogens with zero attached hydrogens (tertiary/aromatic N) is 3. The zero-order valence-corrected chi connectivity index (χ0v) is 17.6. The Morgan fingerprint density at radius 2 is 1.45 bits per heavy atom. The molecule has 7 heteroatoms. The number of hydrogen-bond acceptors (Lipinski definition) is 4. The molecule has 0 atom stereocenters. The Bertz CT molecular complexity index is 1350. The van der Waals surface area contributed by atoms with E-state index >= 15 is 0 Å². The van der Waals surface area contributed by atoms with E-state index < -0.39 is 5.91 Å². The van der Waals surface area contributed by atoms with E-state index in [0.717, 1.165) is 16.8 Å². The minimum absolute atomic E-state index is 0.0162.